The summed E-state index contributed by atoms with van der Waals surface area (Å²) in [6, 6.07) is 8.56. The van der Waals surface area contributed by atoms with Gasteiger partial charge in [-0.25, -0.2) is 0 Å². The molecule has 0 aliphatic heterocycles. The highest BCUT2D eigenvalue weighted by molar-refractivity contribution is 5.83. The van der Waals surface area contributed by atoms with Crippen LogP contribution in [0.3, 0.4) is 0 Å². The molecule has 1 aromatic heterocycles. The molecule has 0 unspecified atom stereocenters. The fourth-order valence-electron chi connectivity index (χ4n) is 2.79. The summed E-state index contributed by atoms with van der Waals surface area (Å²) in [5.41, 5.74) is 3.13. The zero-order valence-electron chi connectivity index (χ0n) is 11.4. The van der Waals surface area contributed by atoms with Crippen molar-refractivity contribution in [2.24, 2.45) is 11.3 Å². The lowest BCUT2D eigenvalue weighted by atomic mass is 9.83. The molecule has 92 valence electrons. The molecule has 1 N–H and O–H groups in total. The fourth-order valence-corrected chi connectivity index (χ4v) is 2.79. The van der Waals surface area contributed by atoms with E-state index in [1.54, 1.807) is 0 Å². The average molecular weight is 229 g/mol. The number of para-hydroxylation sites is 1. The van der Waals surface area contributed by atoms with Crippen LogP contribution in [0.1, 0.15) is 39.7 Å². The van der Waals surface area contributed by atoms with Gasteiger partial charge in [0.15, 0.2) is 0 Å². The molecule has 0 saturated heterocycles. The smallest absolute Gasteiger partial charge is 0.0456 e. The van der Waals surface area contributed by atoms with Crippen LogP contribution in [0.25, 0.3) is 10.9 Å². The summed E-state index contributed by atoms with van der Waals surface area (Å²) in [5, 5.41) is 1.38. The van der Waals surface area contributed by atoms with Crippen molar-refractivity contribution in [2.45, 2.75) is 40.5 Å². The van der Waals surface area contributed by atoms with E-state index in [9.17, 15) is 0 Å². The summed E-state index contributed by atoms with van der Waals surface area (Å²) in [7, 11) is 0. The van der Waals surface area contributed by atoms with Gasteiger partial charge in [0.2, 0.25) is 0 Å². The number of H-pyrrole nitrogens is 1. The maximum absolute atomic E-state index is 3.36. The Bertz CT molecular complexity index is 487. The SMILES string of the molecule is C[C@H](Cc1c[nH]c2ccccc12)CC(C)(C)C. The molecule has 0 aliphatic carbocycles. The van der Waals surface area contributed by atoms with Gasteiger partial charge in [-0.2, -0.15) is 0 Å². The van der Waals surface area contributed by atoms with Crippen LogP contribution in [0.2, 0.25) is 0 Å². The van der Waals surface area contributed by atoms with Crippen molar-refractivity contribution in [3.8, 4) is 0 Å². The first kappa shape index (κ1) is 12.2. The molecule has 1 nitrogen and oxygen atoms in total. The first-order chi connectivity index (χ1) is 7.96. The molecule has 1 heterocycles. The number of nitrogens with one attached hydrogen (secondary N) is 1. The molecule has 2 aromatic rings. The van der Waals surface area contributed by atoms with Crippen LogP contribution in [-0.4, -0.2) is 4.98 Å². The minimum atomic E-state index is 0.422. The molecular weight excluding hydrogens is 206 g/mol. The fraction of sp³-hybridized carbons (Fsp3) is 0.500. The molecule has 0 fully saturated rings. The van der Waals surface area contributed by atoms with E-state index < -0.39 is 0 Å². The summed E-state index contributed by atoms with van der Waals surface area (Å²) in [6.45, 7) is 9.31. The normalized spacial score (nSPS) is 14.1. The standard InChI is InChI=1S/C16H23N/c1-12(10-16(2,3)4)9-13-11-17-15-8-6-5-7-14(13)15/h5-8,11-12,17H,9-10H2,1-4H3/t12-/m1/s1. The predicted molar refractivity (Wildman–Crippen MR) is 75.2 cm³/mol. The molecule has 0 radical (unpaired) electrons. The zero-order valence-corrected chi connectivity index (χ0v) is 11.4. The molecule has 0 bridgehead atoms. The summed E-state index contributed by atoms with van der Waals surface area (Å²) >= 11 is 0. The Balaban J connectivity index is 2.13. The number of hydrogen-bond donors (Lipinski definition) is 1. The second-order valence-electron chi connectivity index (χ2n) is 6.43. The topological polar surface area (TPSA) is 15.8 Å². The zero-order chi connectivity index (χ0) is 12.5. The van der Waals surface area contributed by atoms with Crippen molar-refractivity contribution in [3.05, 3.63) is 36.0 Å². The number of hydrogen-bond acceptors (Lipinski definition) is 0. The van der Waals surface area contributed by atoms with E-state index >= 15 is 0 Å². The van der Waals surface area contributed by atoms with Gasteiger partial charge in [0.1, 0.15) is 0 Å². The van der Waals surface area contributed by atoms with Gasteiger partial charge < -0.3 is 4.98 Å². The van der Waals surface area contributed by atoms with Gasteiger partial charge in [0.25, 0.3) is 0 Å². The maximum Gasteiger partial charge on any atom is 0.0456 e. The van der Waals surface area contributed by atoms with Crippen molar-refractivity contribution < 1.29 is 0 Å². The predicted octanol–water partition coefficient (Wildman–Crippen LogP) is 4.78. The third-order valence-corrected chi connectivity index (χ3v) is 3.20. The van der Waals surface area contributed by atoms with Gasteiger partial charge in [-0.15, -0.1) is 0 Å². The quantitative estimate of drug-likeness (QED) is 0.779. The second kappa shape index (κ2) is 4.56. The molecule has 0 saturated carbocycles. The molecular formula is C16H23N. The molecule has 0 spiro atoms. The van der Waals surface area contributed by atoms with Crippen LogP contribution in [0, 0.1) is 11.3 Å². The average Bonchev–Trinajstić information content (AvgIpc) is 2.59. The van der Waals surface area contributed by atoms with Gasteiger partial charge in [0.05, 0.1) is 0 Å². The summed E-state index contributed by atoms with van der Waals surface area (Å²) in [5.74, 6) is 0.731. The van der Waals surface area contributed by atoms with Crippen LogP contribution < -0.4 is 0 Å². The number of aromatic amines is 1. The minimum Gasteiger partial charge on any atom is -0.361 e. The van der Waals surface area contributed by atoms with Crippen LogP contribution in [0.4, 0.5) is 0 Å². The highest BCUT2D eigenvalue weighted by Gasteiger charge is 2.16. The number of fused-ring (bicyclic) bond motifs is 1. The van der Waals surface area contributed by atoms with Crippen molar-refractivity contribution in [1.82, 2.24) is 4.98 Å². The van der Waals surface area contributed by atoms with Gasteiger partial charge >= 0.3 is 0 Å². The van der Waals surface area contributed by atoms with Gasteiger partial charge in [0, 0.05) is 17.1 Å². The summed E-state index contributed by atoms with van der Waals surface area (Å²) in [4.78, 5) is 3.36. The lowest BCUT2D eigenvalue weighted by molar-refractivity contribution is 0.306. The Kier molecular flexibility index (Phi) is 3.28. The third-order valence-electron chi connectivity index (χ3n) is 3.20. The van der Waals surface area contributed by atoms with Crippen molar-refractivity contribution >= 4 is 10.9 Å². The van der Waals surface area contributed by atoms with E-state index in [2.05, 4.69) is 63.1 Å². The lowest BCUT2D eigenvalue weighted by Crippen LogP contribution is -2.12. The Hall–Kier alpha value is -1.24. The molecule has 1 aromatic carbocycles. The Morgan fingerprint density at radius 3 is 2.59 bits per heavy atom. The molecule has 2 rings (SSSR count). The molecule has 0 aliphatic rings. The van der Waals surface area contributed by atoms with Crippen LogP contribution in [0.15, 0.2) is 30.5 Å². The largest absolute Gasteiger partial charge is 0.361 e. The maximum atomic E-state index is 3.36. The van der Waals surface area contributed by atoms with Gasteiger partial charge in [-0.1, -0.05) is 45.9 Å². The van der Waals surface area contributed by atoms with E-state index in [4.69, 9.17) is 0 Å². The van der Waals surface area contributed by atoms with Crippen molar-refractivity contribution in [2.75, 3.05) is 0 Å². The van der Waals surface area contributed by atoms with Crippen molar-refractivity contribution in [1.29, 1.82) is 0 Å². The number of benzene rings is 1. The number of aromatic nitrogens is 1. The van der Waals surface area contributed by atoms with Crippen LogP contribution in [-0.2, 0) is 6.42 Å². The van der Waals surface area contributed by atoms with Gasteiger partial charge in [-0.3, -0.25) is 0 Å². The van der Waals surface area contributed by atoms with E-state index in [0.29, 0.717) is 5.41 Å². The van der Waals surface area contributed by atoms with Crippen LogP contribution >= 0.6 is 0 Å². The first-order valence-electron chi connectivity index (χ1n) is 6.51. The Labute approximate surface area is 104 Å². The first-order valence-corrected chi connectivity index (χ1v) is 6.51. The molecule has 17 heavy (non-hydrogen) atoms. The third kappa shape index (κ3) is 3.12. The molecule has 1 atom stereocenters. The Morgan fingerprint density at radius 1 is 1.18 bits per heavy atom. The Morgan fingerprint density at radius 2 is 1.88 bits per heavy atom. The highest BCUT2D eigenvalue weighted by atomic mass is 14.7. The highest BCUT2D eigenvalue weighted by Crippen LogP contribution is 2.28. The van der Waals surface area contributed by atoms with Crippen LogP contribution in [0.5, 0.6) is 0 Å². The molecule has 0 amide bonds. The van der Waals surface area contributed by atoms with E-state index in [1.807, 2.05) is 0 Å². The second-order valence-corrected chi connectivity index (χ2v) is 6.43. The van der Waals surface area contributed by atoms with Gasteiger partial charge in [-0.05, 0) is 35.8 Å². The van der Waals surface area contributed by atoms with E-state index in [-0.39, 0.29) is 0 Å². The van der Waals surface area contributed by atoms with E-state index in [0.717, 1.165) is 5.92 Å². The minimum absolute atomic E-state index is 0.422. The monoisotopic (exact) mass is 229 g/mol. The number of rotatable bonds is 3. The van der Waals surface area contributed by atoms with E-state index in [1.165, 1.54) is 29.3 Å². The summed E-state index contributed by atoms with van der Waals surface area (Å²) < 4.78 is 0. The van der Waals surface area contributed by atoms with Crippen molar-refractivity contribution in [3.63, 3.8) is 0 Å². The lowest BCUT2D eigenvalue weighted by Gasteiger charge is -2.23. The summed E-state index contributed by atoms with van der Waals surface area (Å²) in [6.07, 6.45) is 4.61. The molecule has 1 heteroatoms.